The Kier molecular flexibility index (Phi) is 4.95. The third-order valence-corrected chi connectivity index (χ3v) is 3.42. The van der Waals surface area contributed by atoms with Gasteiger partial charge < -0.3 is 10.0 Å². The molecular weight excluding hydrogens is 216 g/mol. The maximum absolute atomic E-state index is 10.7. The van der Waals surface area contributed by atoms with E-state index in [1.165, 1.54) is 0 Å². The number of hydrogen-bond acceptors (Lipinski definition) is 3. The van der Waals surface area contributed by atoms with Crippen LogP contribution in [0.25, 0.3) is 0 Å². The molecule has 4 heteroatoms. The fourth-order valence-corrected chi connectivity index (χ4v) is 2.26. The third-order valence-electron chi connectivity index (χ3n) is 3.42. The molecule has 1 rings (SSSR count). The molecule has 0 amide bonds. The number of nitriles is 1. The van der Waals surface area contributed by atoms with Crippen LogP contribution in [0.2, 0.25) is 0 Å². The summed E-state index contributed by atoms with van der Waals surface area (Å²) in [5, 5.41) is 17.7. The number of rotatable bonds is 5. The average molecular weight is 238 g/mol. The van der Waals surface area contributed by atoms with Crippen LogP contribution in [0.4, 0.5) is 0 Å². The number of piperidine rings is 1. The zero-order valence-electron chi connectivity index (χ0n) is 10.8. The highest BCUT2D eigenvalue weighted by atomic mass is 16.4. The van der Waals surface area contributed by atoms with E-state index in [4.69, 9.17) is 10.4 Å². The molecule has 96 valence electrons. The van der Waals surface area contributed by atoms with Crippen LogP contribution in [0.5, 0.6) is 0 Å². The molecule has 1 heterocycles. The van der Waals surface area contributed by atoms with E-state index in [-0.39, 0.29) is 17.8 Å². The van der Waals surface area contributed by atoms with E-state index < -0.39 is 5.97 Å². The summed E-state index contributed by atoms with van der Waals surface area (Å²) >= 11 is 0. The summed E-state index contributed by atoms with van der Waals surface area (Å²) in [6, 6.07) is 2.30. The van der Waals surface area contributed by atoms with Crippen molar-refractivity contribution in [2.24, 2.45) is 11.3 Å². The van der Waals surface area contributed by atoms with Gasteiger partial charge in [-0.2, -0.15) is 5.26 Å². The predicted octanol–water partition coefficient (Wildman–Crippen LogP) is 2.11. The van der Waals surface area contributed by atoms with E-state index in [1.54, 1.807) is 0 Å². The molecule has 0 aliphatic carbocycles. The van der Waals surface area contributed by atoms with Crippen molar-refractivity contribution < 1.29 is 9.90 Å². The van der Waals surface area contributed by atoms with Crippen molar-refractivity contribution in [2.75, 3.05) is 19.6 Å². The summed E-state index contributed by atoms with van der Waals surface area (Å²) in [6.07, 6.45) is 3.22. The van der Waals surface area contributed by atoms with Crippen LogP contribution < -0.4 is 0 Å². The number of nitrogens with zero attached hydrogens (tertiary/aromatic N) is 2. The molecule has 0 aromatic carbocycles. The van der Waals surface area contributed by atoms with Crippen molar-refractivity contribution in [1.29, 1.82) is 5.26 Å². The molecule has 0 saturated carbocycles. The lowest BCUT2D eigenvalue weighted by atomic mass is 9.89. The zero-order chi connectivity index (χ0) is 12.9. The Morgan fingerprint density at radius 2 is 2.29 bits per heavy atom. The Hall–Kier alpha value is -1.08. The van der Waals surface area contributed by atoms with Crippen LogP contribution >= 0.6 is 0 Å². The molecule has 1 atom stereocenters. The number of carbonyl (C=O) groups is 1. The Labute approximate surface area is 103 Å². The topological polar surface area (TPSA) is 64.3 Å². The number of carboxylic acids is 1. The number of carboxylic acid groups (broad SMARTS) is 1. The fourth-order valence-electron chi connectivity index (χ4n) is 2.26. The molecule has 0 spiro atoms. The molecular formula is C13H22N2O2. The quantitative estimate of drug-likeness (QED) is 0.796. The lowest BCUT2D eigenvalue weighted by molar-refractivity contribution is -0.138. The van der Waals surface area contributed by atoms with Gasteiger partial charge in [0, 0.05) is 13.0 Å². The second-order valence-electron chi connectivity index (χ2n) is 5.65. The maximum atomic E-state index is 10.7. The van der Waals surface area contributed by atoms with E-state index in [0.717, 1.165) is 38.9 Å². The molecule has 0 bridgehead atoms. The lowest BCUT2D eigenvalue weighted by Gasteiger charge is -2.33. The summed E-state index contributed by atoms with van der Waals surface area (Å²) in [5.41, 5.74) is -0.278. The molecule has 1 aliphatic rings. The smallest absolute Gasteiger partial charge is 0.303 e. The normalized spacial score (nSPS) is 22.1. The molecule has 1 fully saturated rings. The second kappa shape index (κ2) is 6.02. The first-order chi connectivity index (χ1) is 7.93. The molecule has 1 aliphatic heterocycles. The molecule has 1 unspecified atom stereocenters. The van der Waals surface area contributed by atoms with Gasteiger partial charge in [-0.05, 0) is 52.1 Å². The van der Waals surface area contributed by atoms with Gasteiger partial charge in [-0.1, -0.05) is 0 Å². The van der Waals surface area contributed by atoms with E-state index >= 15 is 0 Å². The highest BCUT2D eigenvalue weighted by Gasteiger charge is 2.24. The van der Waals surface area contributed by atoms with Gasteiger partial charge in [-0.25, -0.2) is 0 Å². The summed E-state index contributed by atoms with van der Waals surface area (Å²) in [6.45, 7) is 6.71. The largest absolute Gasteiger partial charge is 0.481 e. The van der Waals surface area contributed by atoms with Crippen molar-refractivity contribution in [2.45, 2.75) is 39.5 Å². The van der Waals surface area contributed by atoms with Crippen LogP contribution in [0.3, 0.4) is 0 Å². The Morgan fingerprint density at radius 3 is 2.88 bits per heavy atom. The number of hydrogen-bond donors (Lipinski definition) is 1. The van der Waals surface area contributed by atoms with E-state index in [2.05, 4.69) is 11.0 Å². The van der Waals surface area contributed by atoms with E-state index in [1.807, 2.05) is 13.8 Å². The highest BCUT2D eigenvalue weighted by Crippen LogP contribution is 2.23. The minimum absolute atomic E-state index is 0.276. The van der Waals surface area contributed by atoms with Gasteiger partial charge >= 0.3 is 5.97 Å². The molecule has 0 aromatic rings. The zero-order valence-corrected chi connectivity index (χ0v) is 10.8. The van der Waals surface area contributed by atoms with E-state index in [0.29, 0.717) is 0 Å². The van der Waals surface area contributed by atoms with E-state index in [9.17, 15) is 4.79 Å². The first kappa shape index (κ1) is 14.0. The monoisotopic (exact) mass is 238 g/mol. The molecule has 4 nitrogen and oxygen atoms in total. The number of likely N-dealkylation sites (tertiary alicyclic amines) is 1. The minimum atomic E-state index is -0.700. The Morgan fingerprint density at radius 1 is 1.59 bits per heavy atom. The van der Waals surface area contributed by atoms with Gasteiger partial charge in [0.05, 0.1) is 11.5 Å². The van der Waals surface area contributed by atoms with Gasteiger partial charge in [-0.3, -0.25) is 4.79 Å². The Bertz CT molecular complexity index is 307. The van der Waals surface area contributed by atoms with Crippen LogP contribution in [0, 0.1) is 22.7 Å². The van der Waals surface area contributed by atoms with Gasteiger partial charge in [0.15, 0.2) is 0 Å². The summed E-state index contributed by atoms with van der Waals surface area (Å²) < 4.78 is 0. The summed E-state index contributed by atoms with van der Waals surface area (Å²) in [7, 11) is 0. The van der Waals surface area contributed by atoms with Crippen molar-refractivity contribution >= 4 is 5.97 Å². The molecule has 17 heavy (non-hydrogen) atoms. The minimum Gasteiger partial charge on any atom is -0.481 e. The standard InChI is InChI=1S/C13H22N2O2/c1-13(2,10-14)5-7-15-6-3-4-11(9-15)8-12(16)17/h11H,3-9H2,1-2H3,(H,16,17). The van der Waals surface area contributed by atoms with Crippen LogP contribution in [-0.4, -0.2) is 35.6 Å². The highest BCUT2D eigenvalue weighted by molar-refractivity contribution is 5.67. The fraction of sp³-hybridized carbons (Fsp3) is 0.846. The van der Waals surface area contributed by atoms with Gasteiger partial charge in [0.2, 0.25) is 0 Å². The Balaban J connectivity index is 2.35. The SMILES string of the molecule is CC(C)(C#N)CCN1CCCC(CC(=O)O)C1. The third kappa shape index (κ3) is 5.18. The first-order valence-electron chi connectivity index (χ1n) is 6.28. The predicted molar refractivity (Wildman–Crippen MR) is 65.4 cm³/mol. The molecule has 0 radical (unpaired) electrons. The summed E-state index contributed by atoms with van der Waals surface area (Å²) in [4.78, 5) is 13.0. The van der Waals surface area contributed by atoms with Crippen LogP contribution in [0.1, 0.15) is 39.5 Å². The van der Waals surface area contributed by atoms with Gasteiger partial charge in [0.25, 0.3) is 0 Å². The van der Waals surface area contributed by atoms with Gasteiger partial charge in [0.1, 0.15) is 0 Å². The summed E-state index contributed by atoms with van der Waals surface area (Å²) in [5.74, 6) is -0.416. The average Bonchev–Trinajstić information content (AvgIpc) is 2.26. The second-order valence-corrected chi connectivity index (χ2v) is 5.65. The maximum Gasteiger partial charge on any atom is 0.303 e. The van der Waals surface area contributed by atoms with Gasteiger partial charge in [-0.15, -0.1) is 0 Å². The van der Waals surface area contributed by atoms with Crippen molar-refractivity contribution in [1.82, 2.24) is 4.90 Å². The van der Waals surface area contributed by atoms with Crippen molar-refractivity contribution in [3.8, 4) is 6.07 Å². The molecule has 1 saturated heterocycles. The van der Waals surface area contributed by atoms with Crippen molar-refractivity contribution in [3.63, 3.8) is 0 Å². The molecule has 0 aromatic heterocycles. The van der Waals surface area contributed by atoms with Crippen molar-refractivity contribution in [3.05, 3.63) is 0 Å². The number of aliphatic carboxylic acids is 1. The van der Waals surface area contributed by atoms with Crippen LogP contribution in [0.15, 0.2) is 0 Å². The lowest BCUT2D eigenvalue weighted by Crippen LogP contribution is -2.38. The molecule has 1 N–H and O–H groups in total. The first-order valence-corrected chi connectivity index (χ1v) is 6.28. The van der Waals surface area contributed by atoms with Crippen LogP contribution in [-0.2, 0) is 4.79 Å².